The van der Waals surface area contributed by atoms with Gasteiger partial charge in [0.05, 0.1) is 16.6 Å². The molecule has 3 N–H and O–H groups in total. The minimum Gasteiger partial charge on any atom is -0.452 e. The summed E-state index contributed by atoms with van der Waals surface area (Å²) in [7, 11) is -3.67. The Balaban J connectivity index is 1.97. The maximum absolute atomic E-state index is 12.1. The molecule has 0 aliphatic carbocycles. The Morgan fingerprint density at radius 1 is 1.30 bits per heavy atom. The average molecular weight is 342 g/mol. The van der Waals surface area contributed by atoms with Gasteiger partial charge >= 0.3 is 5.97 Å². The number of rotatable bonds is 7. The normalized spacial score (nSPS) is 17.8. The van der Waals surface area contributed by atoms with E-state index in [2.05, 4.69) is 9.46 Å². The third-order valence-corrected chi connectivity index (χ3v) is 4.71. The van der Waals surface area contributed by atoms with Crippen molar-refractivity contribution in [1.82, 2.24) is 4.72 Å². The van der Waals surface area contributed by atoms with Gasteiger partial charge in [-0.25, -0.2) is 17.9 Å². The number of esters is 1. The molecule has 1 heterocycles. The highest BCUT2D eigenvalue weighted by atomic mass is 32.2. The SMILES string of the molecule is NC(=O)COC(=O)c1ccc(S(=O)(=O)NC[C@H]2CCCO2)cc1. The third-order valence-electron chi connectivity index (χ3n) is 3.27. The number of nitrogens with one attached hydrogen (secondary N) is 1. The second kappa shape index (κ2) is 7.53. The van der Waals surface area contributed by atoms with Crippen LogP contribution in [-0.2, 0) is 24.3 Å². The summed E-state index contributed by atoms with van der Waals surface area (Å²) in [5, 5.41) is 0. The van der Waals surface area contributed by atoms with Gasteiger partial charge < -0.3 is 15.2 Å². The van der Waals surface area contributed by atoms with Crippen LogP contribution in [0, 0.1) is 0 Å². The van der Waals surface area contributed by atoms with E-state index in [0.717, 1.165) is 12.8 Å². The summed E-state index contributed by atoms with van der Waals surface area (Å²) in [5.74, 6) is -1.52. The summed E-state index contributed by atoms with van der Waals surface area (Å²) in [4.78, 5) is 22.2. The molecule has 9 heteroatoms. The highest BCUT2D eigenvalue weighted by Crippen LogP contribution is 2.14. The molecule has 0 bridgehead atoms. The number of ether oxygens (including phenoxy) is 2. The Bertz CT molecular complexity index is 665. The lowest BCUT2D eigenvalue weighted by molar-refractivity contribution is -0.121. The number of benzene rings is 1. The zero-order valence-electron chi connectivity index (χ0n) is 12.4. The van der Waals surface area contributed by atoms with Crippen molar-refractivity contribution < 1.29 is 27.5 Å². The first-order valence-electron chi connectivity index (χ1n) is 7.05. The molecule has 1 atom stereocenters. The van der Waals surface area contributed by atoms with Gasteiger partial charge in [-0.1, -0.05) is 0 Å². The minimum absolute atomic E-state index is 0.0296. The summed E-state index contributed by atoms with van der Waals surface area (Å²) in [6, 6.07) is 5.20. The molecule has 0 unspecified atom stereocenters. The van der Waals surface area contributed by atoms with Gasteiger partial charge in [0.2, 0.25) is 10.0 Å². The summed E-state index contributed by atoms with van der Waals surface area (Å²) in [5.41, 5.74) is 5.00. The topological polar surface area (TPSA) is 125 Å². The second-order valence-electron chi connectivity index (χ2n) is 5.05. The lowest BCUT2D eigenvalue weighted by Gasteiger charge is -2.11. The summed E-state index contributed by atoms with van der Waals surface area (Å²) in [6.07, 6.45) is 1.65. The molecular formula is C14H18N2O6S. The quantitative estimate of drug-likeness (QED) is 0.660. The van der Waals surface area contributed by atoms with Crippen molar-refractivity contribution in [2.24, 2.45) is 5.73 Å². The number of amides is 1. The predicted molar refractivity (Wildman–Crippen MR) is 80.1 cm³/mol. The number of carbonyl (C=O) groups is 2. The summed E-state index contributed by atoms with van der Waals surface area (Å²) in [6.45, 7) is 0.334. The van der Waals surface area contributed by atoms with Crippen molar-refractivity contribution >= 4 is 21.9 Å². The standard InChI is InChI=1S/C14H18N2O6S/c15-13(17)9-22-14(18)10-3-5-12(6-4-10)23(19,20)16-8-11-2-1-7-21-11/h3-6,11,16H,1-2,7-9H2,(H2,15,17)/t11-/m1/s1. The molecule has 0 spiro atoms. The molecule has 23 heavy (non-hydrogen) atoms. The molecule has 1 aliphatic heterocycles. The van der Waals surface area contributed by atoms with Gasteiger partial charge in [0.1, 0.15) is 0 Å². The van der Waals surface area contributed by atoms with Gasteiger partial charge in [0, 0.05) is 13.2 Å². The third kappa shape index (κ3) is 5.02. The molecule has 1 amide bonds. The van der Waals surface area contributed by atoms with Crippen LogP contribution in [0.4, 0.5) is 0 Å². The maximum Gasteiger partial charge on any atom is 0.338 e. The molecule has 0 saturated carbocycles. The Labute approximate surface area is 134 Å². The van der Waals surface area contributed by atoms with Crippen LogP contribution in [0.25, 0.3) is 0 Å². The van der Waals surface area contributed by atoms with Gasteiger partial charge in [0.25, 0.3) is 5.91 Å². The molecule has 1 saturated heterocycles. The molecule has 8 nitrogen and oxygen atoms in total. The van der Waals surface area contributed by atoms with E-state index in [9.17, 15) is 18.0 Å². The Hall–Kier alpha value is -1.97. The van der Waals surface area contributed by atoms with Crippen molar-refractivity contribution in [2.45, 2.75) is 23.8 Å². The number of hydrogen-bond donors (Lipinski definition) is 2. The zero-order chi connectivity index (χ0) is 16.9. The van der Waals surface area contributed by atoms with E-state index >= 15 is 0 Å². The fraction of sp³-hybridized carbons (Fsp3) is 0.429. The molecule has 1 aromatic rings. The Kier molecular flexibility index (Phi) is 5.69. The zero-order valence-corrected chi connectivity index (χ0v) is 13.2. The maximum atomic E-state index is 12.1. The summed E-state index contributed by atoms with van der Waals surface area (Å²) < 4.78 is 36.7. The van der Waals surface area contributed by atoms with E-state index in [-0.39, 0.29) is 23.1 Å². The van der Waals surface area contributed by atoms with E-state index < -0.39 is 28.5 Å². The fourth-order valence-corrected chi connectivity index (χ4v) is 3.15. The lowest BCUT2D eigenvalue weighted by Crippen LogP contribution is -2.31. The fourth-order valence-electron chi connectivity index (χ4n) is 2.08. The van der Waals surface area contributed by atoms with Crippen LogP contribution in [0.1, 0.15) is 23.2 Å². The van der Waals surface area contributed by atoms with Crippen LogP contribution < -0.4 is 10.5 Å². The van der Waals surface area contributed by atoms with Crippen molar-refractivity contribution in [3.8, 4) is 0 Å². The van der Waals surface area contributed by atoms with Gasteiger partial charge in [-0.15, -0.1) is 0 Å². The molecule has 0 radical (unpaired) electrons. The molecule has 2 rings (SSSR count). The number of nitrogens with two attached hydrogens (primary N) is 1. The van der Waals surface area contributed by atoms with Gasteiger partial charge in [-0.05, 0) is 37.1 Å². The van der Waals surface area contributed by atoms with E-state index in [1.54, 1.807) is 0 Å². The van der Waals surface area contributed by atoms with Gasteiger partial charge in [0.15, 0.2) is 6.61 Å². The number of carbonyl (C=O) groups excluding carboxylic acids is 2. The molecule has 1 aromatic carbocycles. The van der Waals surface area contributed by atoms with Crippen molar-refractivity contribution in [3.05, 3.63) is 29.8 Å². The van der Waals surface area contributed by atoms with Crippen LogP contribution in [0.2, 0.25) is 0 Å². The Morgan fingerprint density at radius 2 is 2.00 bits per heavy atom. The van der Waals surface area contributed by atoms with Crippen LogP contribution in [0.3, 0.4) is 0 Å². The van der Waals surface area contributed by atoms with Crippen LogP contribution in [-0.4, -0.2) is 46.2 Å². The smallest absolute Gasteiger partial charge is 0.338 e. The predicted octanol–water partition coefficient (Wildman–Crippen LogP) is -0.214. The molecule has 1 aliphatic rings. The van der Waals surface area contributed by atoms with Crippen LogP contribution in [0.15, 0.2) is 29.2 Å². The first-order chi connectivity index (χ1) is 10.9. The molecule has 0 aromatic heterocycles. The highest BCUT2D eigenvalue weighted by molar-refractivity contribution is 7.89. The minimum atomic E-state index is -3.67. The highest BCUT2D eigenvalue weighted by Gasteiger charge is 2.20. The first-order valence-corrected chi connectivity index (χ1v) is 8.53. The van der Waals surface area contributed by atoms with Crippen molar-refractivity contribution in [3.63, 3.8) is 0 Å². The monoisotopic (exact) mass is 342 g/mol. The Morgan fingerprint density at radius 3 is 2.57 bits per heavy atom. The van der Waals surface area contributed by atoms with Crippen molar-refractivity contribution in [2.75, 3.05) is 19.8 Å². The number of primary amides is 1. The number of hydrogen-bond acceptors (Lipinski definition) is 6. The molecule has 126 valence electrons. The van der Waals surface area contributed by atoms with Gasteiger partial charge in [-0.3, -0.25) is 4.79 Å². The van der Waals surface area contributed by atoms with E-state index in [1.165, 1.54) is 24.3 Å². The number of sulfonamides is 1. The van der Waals surface area contributed by atoms with Crippen LogP contribution >= 0.6 is 0 Å². The van der Waals surface area contributed by atoms with Crippen molar-refractivity contribution in [1.29, 1.82) is 0 Å². The van der Waals surface area contributed by atoms with E-state index in [0.29, 0.717) is 6.61 Å². The van der Waals surface area contributed by atoms with E-state index in [4.69, 9.17) is 10.5 Å². The van der Waals surface area contributed by atoms with Crippen LogP contribution in [0.5, 0.6) is 0 Å². The lowest BCUT2D eigenvalue weighted by atomic mass is 10.2. The molecule has 1 fully saturated rings. The second-order valence-corrected chi connectivity index (χ2v) is 6.82. The summed E-state index contributed by atoms with van der Waals surface area (Å²) >= 11 is 0. The van der Waals surface area contributed by atoms with E-state index in [1.807, 2.05) is 0 Å². The average Bonchev–Trinajstić information content (AvgIpc) is 3.04. The van der Waals surface area contributed by atoms with Gasteiger partial charge in [-0.2, -0.15) is 0 Å². The largest absolute Gasteiger partial charge is 0.452 e. The molecular weight excluding hydrogens is 324 g/mol. The first kappa shape index (κ1) is 17.4.